The van der Waals surface area contributed by atoms with Gasteiger partial charge in [-0.15, -0.1) is 10.2 Å². The third-order valence-corrected chi connectivity index (χ3v) is 4.07. The van der Waals surface area contributed by atoms with Gasteiger partial charge in [0, 0.05) is 12.7 Å². The van der Waals surface area contributed by atoms with Gasteiger partial charge in [0.15, 0.2) is 5.65 Å². The summed E-state index contributed by atoms with van der Waals surface area (Å²) in [6, 6.07) is 10.9. The second kappa shape index (κ2) is 6.24. The number of rotatable bonds is 5. The summed E-state index contributed by atoms with van der Waals surface area (Å²) >= 11 is 1.28. The van der Waals surface area contributed by atoms with E-state index in [2.05, 4.69) is 15.5 Å². The first-order valence-corrected chi connectivity index (χ1v) is 7.56. The van der Waals surface area contributed by atoms with E-state index >= 15 is 0 Å². The molecule has 0 amide bonds. The van der Waals surface area contributed by atoms with Crippen LogP contribution in [0, 0.1) is 5.82 Å². The van der Waals surface area contributed by atoms with E-state index in [1.807, 2.05) is 41.8 Å². The molecule has 2 heterocycles. The summed E-state index contributed by atoms with van der Waals surface area (Å²) in [6.07, 6.45) is 1.87. The van der Waals surface area contributed by atoms with Gasteiger partial charge in [-0.05, 0) is 48.1 Å². The van der Waals surface area contributed by atoms with Crippen LogP contribution in [0.5, 0.6) is 0 Å². The third kappa shape index (κ3) is 3.06. The van der Waals surface area contributed by atoms with E-state index < -0.39 is 0 Å². The molecule has 0 saturated carbocycles. The van der Waals surface area contributed by atoms with Crippen molar-refractivity contribution in [1.82, 2.24) is 19.9 Å². The molecule has 1 N–H and O–H groups in total. The summed E-state index contributed by atoms with van der Waals surface area (Å²) in [5.74, 6) is -0.233. The molecule has 3 aromatic rings. The smallest absolute Gasteiger partial charge is 0.200 e. The molecule has 0 radical (unpaired) electrons. The van der Waals surface area contributed by atoms with E-state index in [4.69, 9.17) is 0 Å². The van der Waals surface area contributed by atoms with Crippen molar-refractivity contribution in [2.75, 3.05) is 6.54 Å². The van der Waals surface area contributed by atoms with Gasteiger partial charge in [-0.3, -0.25) is 4.40 Å². The molecule has 4 nitrogen and oxygen atoms in total. The number of hydrogen-bond donors (Lipinski definition) is 1. The first-order valence-electron chi connectivity index (χ1n) is 6.74. The average molecular weight is 302 g/mol. The van der Waals surface area contributed by atoms with Crippen molar-refractivity contribution in [3.05, 3.63) is 54.0 Å². The van der Waals surface area contributed by atoms with Crippen LogP contribution in [-0.2, 0) is 6.54 Å². The highest BCUT2D eigenvalue weighted by molar-refractivity contribution is 7.99. The van der Waals surface area contributed by atoms with Crippen LogP contribution in [0.25, 0.3) is 5.65 Å². The fraction of sp³-hybridized carbons (Fsp3) is 0.200. The lowest BCUT2D eigenvalue weighted by molar-refractivity contribution is 0.596. The predicted molar refractivity (Wildman–Crippen MR) is 80.9 cm³/mol. The lowest BCUT2D eigenvalue weighted by Crippen LogP contribution is -2.11. The molecule has 0 spiro atoms. The number of aromatic nitrogens is 3. The van der Waals surface area contributed by atoms with Crippen LogP contribution in [0.3, 0.4) is 0 Å². The van der Waals surface area contributed by atoms with E-state index in [-0.39, 0.29) is 5.82 Å². The monoisotopic (exact) mass is 302 g/mol. The second-order valence-electron chi connectivity index (χ2n) is 4.56. The van der Waals surface area contributed by atoms with Crippen LogP contribution in [-0.4, -0.2) is 21.1 Å². The summed E-state index contributed by atoms with van der Waals surface area (Å²) in [5, 5.41) is 12.0. The van der Waals surface area contributed by atoms with Gasteiger partial charge in [-0.2, -0.15) is 0 Å². The van der Waals surface area contributed by atoms with Gasteiger partial charge in [-0.1, -0.05) is 19.1 Å². The molecule has 2 aromatic heterocycles. The SMILES string of the molecule is CCNCc1ccc(Sc2nnc3ccccn23)c(F)c1. The Balaban J connectivity index is 1.84. The maximum atomic E-state index is 14.2. The number of fused-ring (bicyclic) bond motifs is 1. The fourth-order valence-corrected chi connectivity index (χ4v) is 2.82. The van der Waals surface area contributed by atoms with Gasteiger partial charge in [0.05, 0.1) is 4.90 Å². The largest absolute Gasteiger partial charge is 0.313 e. The number of hydrogen-bond acceptors (Lipinski definition) is 4. The van der Waals surface area contributed by atoms with Crippen LogP contribution in [0.1, 0.15) is 12.5 Å². The quantitative estimate of drug-likeness (QED) is 0.786. The molecule has 0 bridgehead atoms. The summed E-state index contributed by atoms with van der Waals surface area (Å²) < 4.78 is 16.0. The Morgan fingerprint density at radius 1 is 1.24 bits per heavy atom. The normalized spacial score (nSPS) is 11.1. The van der Waals surface area contributed by atoms with Crippen LogP contribution < -0.4 is 5.32 Å². The minimum atomic E-state index is -0.233. The number of halogens is 1. The Kier molecular flexibility index (Phi) is 4.17. The van der Waals surface area contributed by atoms with Gasteiger partial charge in [0.1, 0.15) is 5.82 Å². The lowest BCUT2D eigenvalue weighted by Gasteiger charge is -2.05. The van der Waals surface area contributed by atoms with Crippen molar-refractivity contribution >= 4 is 17.4 Å². The Morgan fingerprint density at radius 2 is 2.14 bits per heavy atom. The van der Waals surface area contributed by atoms with Crippen molar-refractivity contribution in [2.24, 2.45) is 0 Å². The molecule has 0 unspecified atom stereocenters. The second-order valence-corrected chi connectivity index (χ2v) is 5.57. The molecule has 0 aliphatic heterocycles. The average Bonchev–Trinajstić information content (AvgIpc) is 2.91. The third-order valence-electron chi connectivity index (χ3n) is 3.06. The zero-order valence-corrected chi connectivity index (χ0v) is 12.4. The molecule has 6 heteroatoms. The standard InChI is InChI=1S/C15H15FN4S/c1-2-17-10-11-6-7-13(12(16)9-11)21-15-19-18-14-5-3-4-8-20(14)15/h3-9,17H,2,10H2,1H3. The zero-order chi connectivity index (χ0) is 14.7. The van der Waals surface area contributed by atoms with Gasteiger partial charge in [0.2, 0.25) is 5.16 Å². The minimum Gasteiger partial charge on any atom is -0.313 e. The summed E-state index contributed by atoms with van der Waals surface area (Å²) in [4.78, 5) is 0.549. The molecule has 0 atom stereocenters. The van der Waals surface area contributed by atoms with E-state index in [9.17, 15) is 4.39 Å². The molecular weight excluding hydrogens is 287 g/mol. The first-order chi connectivity index (χ1) is 10.3. The number of benzene rings is 1. The molecule has 0 aliphatic carbocycles. The van der Waals surface area contributed by atoms with E-state index in [1.54, 1.807) is 12.1 Å². The van der Waals surface area contributed by atoms with Crippen LogP contribution in [0.4, 0.5) is 4.39 Å². The van der Waals surface area contributed by atoms with Crippen molar-refractivity contribution in [3.63, 3.8) is 0 Å². The Labute approximate surface area is 126 Å². The van der Waals surface area contributed by atoms with E-state index in [0.717, 1.165) is 17.8 Å². The van der Waals surface area contributed by atoms with Crippen molar-refractivity contribution in [1.29, 1.82) is 0 Å². The predicted octanol–water partition coefficient (Wildman–Crippen LogP) is 3.13. The van der Waals surface area contributed by atoms with E-state index in [0.29, 0.717) is 16.6 Å². The number of pyridine rings is 1. The summed E-state index contributed by atoms with van der Waals surface area (Å²) in [5.41, 5.74) is 1.69. The Hall–Kier alpha value is -1.92. The highest BCUT2D eigenvalue weighted by Crippen LogP contribution is 2.29. The molecule has 0 fully saturated rings. The first kappa shape index (κ1) is 14.0. The minimum absolute atomic E-state index is 0.233. The van der Waals surface area contributed by atoms with Gasteiger partial charge < -0.3 is 5.32 Å². The van der Waals surface area contributed by atoms with Gasteiger partial charge >= 0.3 is 0 Å². The fourth-order valence-electron chi connectivity index (χ4n) is 1.99. The molecular formula is C15H15FN4S. The molecule has 0 aliphatic rings. The van der Waals surface area contributed by atoms with Crippen molar-refractivity contribution in [3.8, 4) is 0 Å². The molecule has 21 heavy (non-hydrogen) atoms. The molecule has 0 saturated heterocycles. The number of nitrogens with zero attached hydrogens (tertiary/aromatic N) is 3. The summed E-state index contributed by atoms with van der Waals surface area (Å²) in [6.45, 7) is 3.56. The highest BCUT2D eigenvalue weighted by atomic mass is 32.2. The van der Waals surface area contributed by atoms with Crippen LogP contribution in [0.2, 0.25) is 0 Å². The molecule has 1 aromatic carbocycles. The maximum Gasteiger partial charge on any atom is 0.200 e. The summed E-state index contributed by atoms with van der Waals surface area (Å²) in [7, 11) is 0. The molecule has 108 valence electrons. The topological polar surface area (TPSA) is 42.2 Å². The van der Waals surface area contributed by atoms with Crippen molar-refractivity contribution in [2.45, 2.75) is 23.5 Å². The highest BCUT2D eigenvalue weighted by Gasteiger charge is 2.10. The van der Waals surface area contributed by atoms with E-state index in [1.165, 1.54) is 11.8 Å². The van der Waals surface area contributed by atoms with Crippen LogP contribution in [0.15, 0.2) is 52.6 Å². The molecule has 3 rings (SSSR count). The van der Waals surface area contributed by atoms with Crippen LogP contribution >= 0.6 is 11.8 Å². The van der Waals surface area contributed by atoms with Gasteiger partial charge in [0.25, 0.3) is 0 Å². The Morgan fingerprint density at radius 3 is 2.95 bits per heavy atom. The Bertz CT molecular complexity index is 756. The maximum absolute atomic E-state index is 14.2. The zero-order valence-electron chi connectivity index (χ0n) is 11.6. The van der Waals surface area contributed by atoms with Gasteiger partial charge in [-0.25, -0.2) is 4.39 Å². The van der Waals surface area contributed by atoms with Crippen molar-refractivity contribution < 1.29 is 4.39 Å². The number of nitrogens with one attached hydrogen (secondary N) is 1. The lowest BCUT2D eigenvalue weighted by atomic mass is 10.2.